The zero-order chi connectivity index (χ0) is 10.1. The van der Waals surface area contributed by atoms with Crippen molar-refractivity contribution in [1.29, 1.82) is 0 Å². The number of halogens is 2. The Hall–Kier alpha value is -0.600. The molecule has 0 unspecified atom stereocenters. The lowest BCUT2D eigenvalue weighted by atomic mass is 9.90. The van der Waals surface area contributed by atoms with Gasteiger partial charge in [-0.05, 0) is 31.0 Å². The van der Waals surface area contributed by atoms with E-state index in [1.807, 2.05) is 13.8 Å². The summed E-state index contributed by atoms with van der Waals surface area (Å²) >= 11 is 5.87. The molecule has 2 N–H and O–H groups in total. The molecule has 13 heavy (non-hydrogen) atoms. The fraction of sp³-hybridized carbons (Fsp3) is 0.400. The largest absolute Gasteiger partial charge is 0.322 e. The predicted octanol–water partition coefficient (Wildman–Crippen LogP) is 3.06. The molecule has 0 aliphatic rings. The highest BCUT2D eigenvalue weighted by Gasteiger charge is 2.21. The Bertz CT molecular complexity index is 310. The molecule has 3 heteroatoms. The highest BCUT2D eigenvalue weighted by molar-refractivity contribution is 6.31. The standard InChI is InChI=1S/C10H13ClFN/c1-3-10(2,13)8-5-4-7(12)6-9(8)11/h4-6H,3,13H2,1-2H3/t10-/m0/s1. The Morgan fingerprint density at radius 3 is 2.62 bits per heavy atom. The summed E-state index contributed by atoms with van der Waals surface area (Å²) in [4.78, 5) is 0. The van der Waals surface area contributed by atoms with Crippen LogP contribution in [0.4, 0.5) is 4.39 Å². The average Bonchev–Trinajstić information content (AvgIpc) is 2.03. The highest BCUT2D eigenvalue weighted by Crippen LogP contribution is 2.28. The van der Waals surface area contributed by atoms with Gasteiger partial charge in [-0.25, -0.2) is 4.39 Å². The van der Waals surface area contributed by atoms with Gasteiger partial charge < -0.3 is 5.73 Å². The summed E-state index contributed by atoms with van der Waals surface area (Å²) in [5, 5.41) is 0.395. The Kier molecular flexibility index (Phi) is 2.94. The van der Waals surface area contributed by atoms with Crippen molar-refractivity contribution in [3.63, 3.8) is 0 Å². The molecule has 1 aromatic carbocycles. The van der Waals surface area contributed by atoms with Crippen LogP contribution in [-0.4, -0.2) is 0 Å². The molecular formula is C10H13ClFN. The second-order valence-electron chi connectivity index (χ2n) is 3.40. The maximum atomic E-state index is 12.7. The minimum atomic E-state index is -0.481. The molecule has 1 aromatic rings. The minimum Gasteiger partial charge on any atom is -0.322 e. The first kappa shape index (κ1) is 10.5. The molecule has 1 atom stereocenters. The predicted molar refractivity (Wildman–Crippen MR) is 53.2 cm³/mol. The second-order valence-corrected chi connectivity index (χ2v) is 3.80. The van der Waals surface area contributed by atoms with E-state index in [0.717, 1.165) is 12.0 Å². The molecular weight excluding hydrogens is 189 g/mol. The van der Waals surface area contributed by atoms with Crippen molar-refractivity contribution >= 4 is 11.6 Å². The maximum Gasteiger partial charge on any atom is 0.124 e. The summed E-state index contributed by atoms with van der Waals surface area (Å²) in [5.74, 6) is -0.333. The van der Waals surface area contributed by atoms with Gasteiger partial charge in [0.1, 0.15) is 5.82 Å². The number of hydrogen-bond acceptors (Lipinski definition) is 1. The van der Waals surface area contributed by atoms with Gasteiger partial charge in [-0.15, -0.1) is 0 Å². The number of nitrogens with two attached hydrogens (primary N) is 1. The van der Waals surface area contributed by atoms with Crippen LogP contribution in [0.5, 0.6) is 0 Å². The van der Waals surface area contributed by atoms with E-state index in [9.17, 15) is 4.39 Å². The van der Waals surface area contributed by atoms with E-state index in [1.54, 1.807) is 6.07 Å². The van der Waals surface area contributed by atoms with Crippen LogP contribution < -0.4 is 5.73 Å². The first-order chi connectivity index (χ1) is 5.97. The molecule has 0 spiro atoms. The van der Waals surface area contributed by atoms with Crippen LogP contribution in [0.1, 0.15) is 25.8 Å². The van der Waals surface area contributed by atoms with E-state index in [-0.39, 0.29) is 5.82 Å². The van der Waals surface area contributed by atoms with Crippen molar-refractivity contribution in [2.24, 2.45) is 5.73 Å². The molecule has 0 aliphatic heterocycles. The van der Waals surface area contributed by atoms with E-state index < -0.39 is 5.54 Å². The summed E-state index contributed by atoms with van der Waals surface area (Å²) in [6.07, 6.45) is 0.762. The summed E-state index contributed by atoms with van der Waals surface area (Å²) in [7, 11) is 0. The van der Waals surface area contributed by atoms with E-state index in [4.69, 9.17) is 17.3 Å². The van der Waals surface area contributed by atoms with Gasteiger partial charge in [0.25, 0.3) is 0 Å². The van der Waals surface area contributed by atoms with Crippen LogP contribution in [0.25, 0.3) is 0 Å². The quantitative estimate of drug-likeness (QED) is 0.782. The monoisotopic (exact) mass is 201 g/mol. The molecule has 0 saturated heterocycles. The molecule has 0 saturated carbocycles. The Balaban J connectivity index is 3.16. The topological polar surface area (TPSA) is 26.0 Å². The molecule has 0 aromatic heterocycles. The van der Waals surface area contributed by atoms with Crippen LogP contribution in [0.2, 0.25) is 5.02 Å². The first-order valence-corrected chi connectivity index (χ1v) is 4.59. The van der Waals surface area contributed by atoms with Crippen LogP contribution >= 0.6 is 11.6 Å². The van der Waals surface area contributed by atoms with Crippen molar-refractivity contribution in [2.45, 2.75) is 25.8 Å². The molecule has 0 fully saturated rings. The number of hydrogen-bond donors (Lipinski definition) is 1. The van der Waals surface area contributed by atoms with Gasteiger partial charge in [-0.1, -0.05) is 24.6 Å². The highest BCUT2D eigenvalue weighted by atomic mass is 35.5. The third-order valence-electron chi connectivity index (χ3n) is 2.28. The Morgan fingerprint density at radius 1 is 1.54 bits per heavy atom. The van der Waals surface area contributed by atoms with Gasteiger partial charge in [0.15, 0.2) is 0 Å². The molecule has 0 radical (unpaired) electrons. The fourth-order valence-corrected chi connectivity index (χ4v) is 1.53. The fourth-order valence-electron chi connectivity index (χ4n) is 1.14. The van der Waals surface area contributed by atoms with Crippen molar-refractivity contribution < 1.29 is 4.39 Å². The summed E-state index contributed by atoms with van der Waals surface area (Å²) < 4.78 is 12.7. The molecule has 0 heterocycles. The lowest BCUT2D eigenvalue weighted by Crippen LogP contribution is -2.32. The molecule has 0 bridgehead atoms. The van der Waals surface area contributed by atoms with Crippen LogP contribution in [0.3, 0.4) is 0 Å². The molecule has 0 amide bonds. The lowest BCUT2D eigenvalue weighted by molar-refractivity contribution is 0.475. The molecule has 0 aliphatic carbocycles. The average molecular weight is 202 g/mol. The summed E-state index contributed by atoms with van der Waals surface area (Å²) in [6, 6.07) is 4.31. The summed E-state index contributed by atoms with van der Waals surface area (Å²) in [6.45, 7) is 3.85. The molecule has 1 rings (SSSR count). The van der Waals surface area contributed by atoms with E-state index >= 15 is 0 Å². The van der Waals surface area contributed by atoms with Gasteiger partial charge in [-0.3, -0.25) is 0 Å². The molecule has 72 valence electrons. The normalized spacial score (nSPS) is 15.5. The molecule has 1 nitrogen and oxygen atoms in total. The van der Waals surface area contributed by atoms with Gasteiger partial charge in [0.2, 0.25) is 0 Å². The maximum absolute atomic E-state index is 12.7. The SMILES string of the molecule is CC[C@](C)(N)c1ccc(F)cc1Cl. The van der Waals surface area contributed by atoms with Gasteiger partial charge in [0, 0.05) is 10.6 Å². The second kappa shape index (κ2) is 3.64. The minimum absolute atomic E-state index is 0.333. The Morgan fingerprint density at radius 2 is 2.15 bits per heavy atom. The lowest BCUT2D eigenvalue weighted by Gasteiger charge is -2.24. The zero-order valence-electron chi connectivity index (χ0n) is 7.77. The van der Waals surface area contributed by atoms with Crippen LogP contribution in [-0.2, 0) is 5.54 Å². The van der Waals surface area contributed by atoms with Crippen LogP contribution in [0.15, 0.2) is 18.2 Å². The van der Waals surface area contributed by atoms with Crippen molar-refractivity contribution in [3.05, 3.63) is 34.6 Å². The van der Waals surface area contributed by atoms with Gasteiger partial charge in [0.05, 0.1) is 0 Å². The zero-order valence-corrected chi connectivity index (χ0v) is 8.53. The summed E-state index contributed by atoms with van der Waals surface area (Å²) in [5.41, 5.74) is 6.29. The Labute approximate surface area is 82.7 Å². The number of benzene rings is 1. The van der Waals surface area contributed by atoms with Crippen molar-refractivity contribution in [2.75, 3.05) is 0 Å². The number of rotatable bonds is 2. The first-order valence-electron chi connectivity index (χ1n) is 4.22. The van der Waals surface area contributed by atoms with Crippen LogP contribution in [0, 0.1) is 5.82 Å². The third-order valence-corrected chi connectivity index (χ3v) is 2.59. The van der Waals surface area contributed by atoms with Gasteiger partial charge in [-0.2, -0.15) is 0 Å². The van der Waals surface area contributed by atoms with Gasteiger partial charge >= 0.3 is 0 Å². The van der Waals surface area contributed by atoms with Crippen molar-refractivity contribution in [3.8, 4) is 0 Å². The van der Waals surface area contributed by atoms with Crippen molar-refractivity contribution in [1.82, 2.24) is 0 Å². The van der Waals surface area contributed by atoms with E-state index in [0.29, 0.717) is 5.02 Å². The smallest absolute Gasteiger partial charge is 0.124 e. The van der Waals surface area contributed by atoms with E-state index in [1.165, 1.54) is 12.1 Å². The third kappa shape index (κ3) is 2.20. The van der Waals surface area contributed by atoms with E-state index in [2.05, 4.69) is 0 Å².